The molecule has 0 N–H and O–H groups in total. The van der Waals surface area contributed by atoms with Gasteiger partial charge in [-0.15, -0.1) is 0 Å². The first-order chi connectivity index (χ1) is 29.3. The lowest BCUT2D eigenvalue weighted by Crippen LogP contribution is -2.49. The monoisotopic (exact) mass is 817 g/mol. The fourth-order valence-corrected chi connectivity index (χ4v) is 9.10. The van der Waals surface area contributed by atoms with Gasteiger partial charge in [-0.3, -0.25) is 0 Å². The maximum atomic E-state index is 2.50. The van der Waals surface area contributed by atoms with E-state index in [1.807, 2.05) is 0 Å². The van der Waals surface area contributed by atoms with Crippen LogP contribution in [0.2, 0.25) is 0 Å². The van der Waals surface area contributed by atoms with Crippen LogP contribution in [0.3, 0.4) is 0 Å². The van der Waals surface area contributed by atoms with Crippen molar-refractivity contribution in [1.82, 2.24) is 0 Å². The van der Waals surface area contributed by atoms with Crippen LogP contribution < -0.4 is 0 Å². The number of quaternary nitrogens is 1. The zero-order valence-electron chi connectivity index (χ0n) is 40.7. The molecule has 1 rings (SSSR count). The van der Waals surface area contributed by atoms with Crippen LogP contribution in [-0.2, 0) is 6.54 Å². The van der Waals surface area contributed by atoms with E-state index in [0.717, 1.165) is 0 Å². The molecule has 0 atom stereocenters. The molecule has 0 bridgehead atoms. The molecule has 1 aromatic rings. The van der Waals surface area contributed by atoms with E-state index < -0.39 is 0 Å². The van der Waals surface area contributed by atoms with Gasteiger partial charge in [-0.05, 0) is 116 Å². The van der Waals surface area contributed by atoms with Gasteiger partial charge in [0, 0.05) is 5.56 Å². The Bertz CT molecular complexity index is 921. The van der Waals surface area contributed by atoms with Crippen LogP contribution in [0.15, 0.2) is 66.8 Å². The molecule has 0 saturated heterocycles. The fourth-order valence-electron chi connectivity index (χ4n) is 9.10. The molecule has 1 heteroatoms. The summed E-state index contributed by atoms with van der Waals surface area (Å²) in [6.07, 6.45) is 69.1. The third-order valence-corrected chi connectivity index (χ3v) is 13.0. The SMILES string of the molecule is CCCCCCCCCC/C=C/CCCCC[N+](CCCCC/C=C/CCCCCCCCCC)(CCCCC/C=C/CCCCCCCCCC)Cc1ccccc1. The first kappa shape index (κ1) is 55.4. The van der Waals surface area contributed by atoms with Crippen molar-refractivity contribution in [3.8, 4) is 0 Å². The second-order valence-electron chi connectivity index (χ2n) is 18.9. The highest BCUT2D eigenvalue weighted by molar-refractivity contribution is 5.13. The average Bonchev–Trinajstić information content (AvgIpc) is 3.25. The number of benzene rings is 1. The van der Waals surface area contributed by atoms with Gasteiger partial charge in [-0.25, -0.2) is 0 Å². The maximum absolute atomic E-state index is 2.50. The minimum Gasteiger partial charge on any atom is -0.320 e. The molecule has 0 fully saturated rings. The molecule has 0 aromatic heterocycles. The first-order valence-corrected chi connectivity index (χ1v) is 27.1. The molecule has 0 aliphatic rings. The zero-order chi connectivity index (χ0) is 42.3. The van der Waals surface area contributed by atoms with Gasteiger partial charge in [0.25, 0.3) is 0 Å². The van der Waals surface area contributed by atoms with Crippen LogP contribution >= 0.6 is 0 Å². The normalized spacial score (nSPS) is 12.3. The Hall–Kier alpha value is -1.60. The van der Waals surface area contributed by atoms with Gasteiger partial charge in [0.2, 0.25) is 0 Å². The van der Waals surface area contributed by atoms with E-state index in [1.165, 1.54) is 281 Å². The second-order valence-corrected chi connectivity index (χ2v) is 18.9. The van der Waals surface area contributed by atoms with E-state index in [2.05, 4.69) is 87.6 Å². The van der Waals surface area contributed by atoms with Crippen molar-refractivity contribution in [3.63, 3.8) is 0 Å². The number of hydrogen-bond acceptors (Lipinski definition) is 0. The summed E-state index contributed by atoms with van der Waals surface area (Å²) in [5.41, 5.74) is 1.55. The van der Waals surface area contributed by atoms with Crippen molar-refractivity contribution in [2.75, 3.05) is 19.6 Å². The molecule has 0 aliphatic carbocycles. The molecule has 0 saturated carbocycles. The molecule has 1 nitrogen and oxygen atoms in total. The quantitative estimate of drug-likeness (QED) is 0.0349. The summed E-state index contributed by atoms with van der Waals surface area (Å²) in [6.45, 7) is 12.2. The Morgan fingerprint density at radius 2 is 0.525 bits per heavy atom. The highest BCUT2D eigenvalue weighted by atomic mass is 15.3. The minimum absolute atomic E-state index is 1.22. The number of rotatable bonds is 47. The van der Waals surface area contributed by atoms with Crippen LogP contribution in [0.4, 0.5) is 0 Å². The molecule has 1 aromatic carbocycles. The molecule has 0 spiro atoms. The number of unbranched alkanes of at least 4 members (excludes halogenated alkanes) is 33. The second kappa shape index (κ2) is 45.9. The molecular formula is C58H106N+. The fraction of sp³-hybridized carbons (Fsp3) is 0.793. The van der Waals surface area contributed by atoms with E-state index in [0.29, 0.717) is 0 Å². The highest BCUT2D eigenvalue weighted by Gasteiger charge is 2.26. The number of nitrogens with zero attached hydrogens (tertiary/aromatic N) is 1. The van der Waals surface area contributed by atoms with Crippen molar-refractivity contribution < 1.29 is 4.48 Å². The van der Waals surface area contributed by atoms with Crippen LogP contribution in [0, 0.1) is 0 Å². The highest BCUT2D eigenvalue weighted by Crippen LogP contribution is 2.22. The summed E-state index contributed by atoms with van der Waals surface area (Å²) in [7, 11) is 0. The predicted molar refractivity (Wildman–Crippen MR) is 270 cm³/mol. The minimum atomic E-state index is 1.22. The van der Waals surface area contributed by atoms with Gasteiger partial charge in [0.05, 0.1) is 19.6 Å². The van der Waals surface area contributed by atoms with E-state index >= 15 is 0 Å². The third kappa shape index (κ3) is 39.0. The van der Waals surface area contributed by atoms with Crippen molar-refractivity contribution >= 4 is 0 Å². The first-order valence-electron chi connectivity index (χ1n) is 27.1. The molecule has 0 amide bonds. The summed E-state index contributed by atoms with van der Waals surface area (Å²) < 4.78 is 1.31. The molecule has 0 unspecified atom stereocenters. The Labute approximate surface area is 372 Å². The van der Waals surface area contributed by atoms with E-state index in [-0.39, 0.29) is 0 Å². The standard InChI is InChI=1S/C58H106N/c1-4-7-10-13-16-19-22-25-28-31-34-37-40-43-49-54-59(57-58-52-47-46-48-53-58,55-50-44-41-38-35-32-29-26-23-20-17-14-11-8-5-2)56-51-45-42-39-36-33-30-27-24-21-18-15-12-9-6-3/h31-36,46-48,52-53H,4-30,37-45,49-51,54-57H2,1-3H3/q+1/b34-31+,35-32+,36-33+. The van der Waals surface area contributed by atoms with Gasteiger partial charge >= 0.3 is 0 Å². The number of hydrogen-bond donors (Lipinski definition) is 0. The van der Waals surface area contributed by atoms with E-state index in [1.54, 1.807) is 5.56 Å². The zero-order valence-corrected chi connectivity index (χ0v) is 40.7. The van der Waals surface area contributed by atoms with Crippen molar-refractivity contribution in [3.05, 3.63) is 72.4 Å². The summed E-state index contributed by atoms with van der Waals surface area (Å²) in [6, 6.07) is 11.5. The Morgan fingerprint density at radius 3 is 0.797 bits per heavy atom. The number of allylic oxidation sites excluding steroid dienone is 6. The average molecular weight is 817 g/mol. The van der Waals surface area contributed by atoms with Crippen LogP contribution in [-0.4, -0.2) is 24.1 Å². The van der Waals surface area contributed by atoms with Crippen molar-refractivity contribution in [1.29, 1.82) is 0 Å². The molecule has 0 heterocycles. The topological polar surface area (TPSA) is 0 Å². The molecular weight excluding hydrogens is 711 g/mol. The summed E-state index contributed by atoms with van der Waals surface area (Å²) in [4.78, 5) is 0. The smallest absolute Gasteiger partial charge is 0.104 e. The largest absolute Gasteiger partial charge is 0.320 e. The molecule has 342 valence electrons. The Morgan fingerprint density at radius 1 is 0.288 bits per heavy atom. The van der Waals surface area contributed by atoms with Crippen molar-refractivity contribution in [2.45, 2.75) is 278 Å². The van der Waals surface area contributed by atoms with E-state index in [9.17, 15) is 0 Å². The van der Waals surface area contributed by atoms with Crippen LogP contribution in [0.25, 0.3) is 0 Å². The summed E-state index contributed by atoms with van der Waals surface area (Å²) in [5.74, 6) is 0. The Balaban J connectivity index is 2.55. The molecule has 59 heavy (non-hydrogen) atoms. The van der Waals surface area contributed by atoms with Crippen LogP contribution in [0.5, 0.6) is 0 Å². The summed E-state index contributed by atoms with van der Waals surface area (Å²) >= 11 is 0. The maximum Gasteiger partial charge on any atom is 0.104 e. The molecule has 0 aliphatic heterocycles. The van der Waals surface area contributed by atoms with Crippen molar-refractivity contribution in [2.24, 2.45) is 0 Å². The van der Waals surface area contributed by atoms with Gasteiger partial charge in [0.15, 0.2) is 0 Å². The van der Waals surface area contributed by atoms with E-state index in [4.69, 9.17) is 0 Å². The lowest BCUT2D eigenvalue weighted by atomic mass is 10.0. The van der Waals surface area contributed by atoms with Gasteiger partial charge in [-0.2, -0.15) is 0 Å². The van der Waals surface area contributed by atoms with Gasteiger partial charge in [-0.1, -0.05) is 222 Å². The Kier molecular flexibility index (Phi) is 43.1. The molecule has 0 radical (unpaired) electrons. The lowest BCUT2D eigenvalue weighted by Gasteiger charge is -2.39. The third-order valence-electron chi connectivity index (χ3n) is 13.0. The predicted octanol–water partition coefficient (Wildman–Crippen LogP) is 19.9. The van der Waals surface area contributed by atoms with Crippen LogP contribution in [0.1, 0.15) is 277 Å². The van der Waals surface area contributed by atoms with Gasteiger partial charge in [0.1, 0.15) is 6.54 Å². The summed E-state index contributed by atoms with van der Waals surface area (Å²) in [5, 5.41) is 0. The lowest BCUT2D eigenvalue weighted by molar-refractivity contribution is -0.941. The van der Waals surface area contributed by atoms with Gasteiger partial charge < -0.3 is 4.48 Å².